The van der Waals surface area contributed by atoms with Gasteiger partial charge >= 0.3 is 12.0 Å². The number of carboxylic acids is 1. The second-order valence-electron chi connectivity index (χ2n) is 4.53. The molecule has 1 atom stereocenters. The third-order valence-corrected chi connectivity index (χ3v) is 3.17. The van der Waals surface area contributed by atoms with E-state index in [1.807, 2.05) is 13.8 Å². The average Bonchev–Trinajstić information content (AvgIpc) is 2.38. The van der Waals surface area contributed by atoms with Crippen molar-refractivity contribution in [1.29, 1.82) is 0 Å². The predicted molar refractivity (Wildman–Crippen MR) is 74.3 cm³/mol. The molecule has 1 rings (SSSR count). The van der Waals surface area contributed by atoms with Crippen molar-refractivity contribution in [1.82, 2.24) is 4.90 Å². The highest BCUT2D eigenvalue weighted by Gasteiger charge is 2.15. The van der Waals surface area contributed by atoms with Crippen LogP contribution in [0.2, 0.25) is 0 Å². The Kier molecular flexibility index (Phi) is 5.36. The fourth-order valence-corrected chi connectivity index (χ4v) is 1.64. The molecule has 2 amide bonds. The summed E-state index contributed by atoms with van der Waals surface area (Å²) in [6, 6.07) is 6.84. The van der Waals surface area contributed by atoms with Gasteiger partial charge in [-0.05, 0) is 25.0 Å². The quantitative estimate of drug-likeness (QED) is 0.858. The summed E-state index contributed by atoms with van der Waals surface area (Å²) in [6.45, 7) is 3.97. The van der Waals surface area contributed by atoms with Gasteiger partial charge in [0, 0.05) is 18.8 Å². The lowest BCUT2D eigenvalue weighted by Gasteiger charge is -2.24. The molecule has 5 nitrogen and oxygen atoms in total. The topological polar surface area (TPSA) is 69.6 Å². The number of carboxylic acid groups (broad SMARTS) is 1. The molecule has 1 aromatic rings. The van der Waals surface area contributed by atoms with Crippen molar-refractivity contribution in [2.24, 2.45) is 0 Å². The zero-order valence-electron chi connectivity index (χ0n) is 11.5. The largest absolute Gasteiger partial charge is 0.481 e. The van der Waals surface area contributed by atoms with Crippen LogP contribution in [-0.4, -0.2) is 35.1 Å². The van der Waals surface area contributed by atoms with E-state index >= 15 is 0 Å². The van der Waals surface area contributed by atoms with Gasteiger partial charge in [0.05, 0.1) is 6.42 Å². The third-order valence-electron chi connectivity index (χ3n) is 3.17. The van der Waals surface area contributed by atoms with Crippen LogP contribution in [0.4, 0.5) is 10.5 Å². The molecule has 19 heavy (non-hydrogen) atoms. The van der Waals surface area contributed by atoms with Crippen LogP contribution >= 0.6 is 0 Å². The van der Waals surface area contributed by atoms with Crippen LogP contribution in [0, 0.1) is 0 Å². The van der Waals surface area contributed by atoms with Crippen molar-refractivity contribution in [2.75, 3.05) is 12.4 Å². The van der Waals surface area contributed by atoms with Gasteiger partial charge in [-0.3, -0.25) is 4.79 Å². The predicted octanol–water partition coefficient (Wildman–Crippen LogP) is 2.58. The first-order valence-electron chi connectivity index (χ1n) is 6.29. The number of para-hydroxylation sites is 1. The molecule has 0 bridgehead atoms. The maximum Gasteiger partial charge on any atom is 0.321 e. The lowest BCUT2D eigenvalue weighted by Crippen LogP contribution is -2.38. The highest BCUT2D eigenvalue weighted by atomic mass is 16.4. The van der Waals surface area contributed by atoms with Crippen molar-refractivity contribution in [3.05, 3.63) is 29.8 Å². The van der Waals surface area contributed by atoms with Gasteiger partial charge in [-0.15, -0.1) is 0 Å². The van der Waals surface area contributed by atoms with Crippen LogP contribution in [0.5, 0.6) is 0 Å². The number of aliphatic carboxylic acids is 1. The molecule has 0 spiro atoms. The smallest absolute Gasteiger partial charge is 0.321 e. The minimum absolute atomic E-state index is 0.108. The number of carbonyl (C=O) groups excluding carboxylic acids is 1. The summed E-state index contributed by atoms with van der Waals surface area (Å²) in [5.74, 6) is -0.919. The summed E-state index contributed by atoms with van der Waals surface area (Å²) in [5, 5.41) is 11.6. The molecule has 104 valence electrons. The SMILES string of the molecule is CCC(C)N(C)C(=O)Nc1ccccc1CC(=O)O. The summed E-state index contributed by atoms with van der Waals surface area (Å²) in [6.07, 6.45) is 0.754. The van der Waals surface area contributed by atoms with Crippen molar-refractivity contribution in [3.8, 4) is 0 Å². The molecule has 1 unspecified atom stereocenters. The molecule has 0 heterocycles. The summed E-state index contributed by atoms with van der Waals surface area (Å²) < 4.78 is 0. The van der Waals surface area contributed by atoms with Crippen molar-refractivity contribution < 1.29 is 14.7 Å². The summed E-state index contributed by atoms with van der Waals surface area (Å²) >= 11 is 0. The second-order valence-corrected chi connectivity index (χ2v) is 4.53. The number of urea groups is 1. The van der Waals surface area contributed by atoms with Gasteiger partial charge < -0.3 is 15.3 Å². The number of anilines is 1. The van der Waals surface area contributed by atoms with Gasteiger partial charge in [0.1, 0.15) is 0 Å². The number of amides is 2. The Bertz CT molecular complexity index is 460. The Morgan fingerprint density at radius 3 is 2.58 bits per heavy atom. The Morgan fingerprint density at radius 2 is 2.00 bits per heavy atom. The normalized spacial score (nSPS) is 11.7. The van der Waals surface area contributed by atoms with E-state index in [0.29, 0.717) is 11.3 Å². The first kappa shape index (κ1) is 15.0. The lowest BCUT2D eigenvalue weighted by molar-refractivity contribution is -0.136. The maximum atomic E-state index is 12.0. The molecule has 0 fully saturated rings. The number of hydrogen-bond acceptors (Lipinski definition) is 2. The lowest BCUT2D eigenvalue weighted by atomic mass is 10.1. The standard InChI is InChI=1S/C14H20N2O3/c1-4-10(2)16(3)14(19)15-12-8-6-5-7-11(12)9-13(17)18/h5-8,10H,4,9H2,1-3H3,(H,15,19)(H,17,18). The van der Waals surface area contributed by atoms with Crippen LogP contribution < -0.4 is 5.32 Å². The number of rotatable bonds is 5. The molecular weight excluding hydrogens is 244 g/mol. The highest BCUT2D eigenvalue weighted by Crippen LogP contribution is 2.16. The van der Waals surface area contributed by atoms with Crippen LogP contribution in [0.1, 0.15) is 25.8 Å². The highest BCUT2D eigenvalue weighted by molar-refractivity contribution is 5.91. The molecule has 2 N–H and O–H groups in total. The number of nitrogens with one attached hydrogen (secondary N) is 1. The maximum absolute atomic E-state index is 12.0. The first-order valence-corrected chi connectivity index (χ1v) is 6.29. The van der Waals surface area contributed by atoms with Gasteiger partial charge in [0.15, 0.2) is 0 Å². The number of carbonyl (C=O) groups is 2. The van der Waals surface area contributed by atoms with Crippen molar-refractivity contribution in [3.63, 3.8) is 0 Å². The monoisotopic (exact) mass is 264 g/mol. The zero-order valence-corrected chi connectivity index (χ0v) is 11.5. The number of nitrogens with zero attached hydrogens (tertiary/aromatic N) is 1. The summed E-state index contributed by atoms with van der Waals surface area (Å²) in [5.41, 5.74) is 1.14. The molecule has 0 aliphatic heterocycles. The summed E-state index contributed by atoms with van der Waals surface area (Å²) in [7, 11) is 1.73. The van der Waals surface area contributed by atoms with Crippen molar-refractivity contribution in [2.45, 2.75) is 32.7 Å². The van der Waals surface area contributed by atoms with Gasteiger partial charge in [-0.2, -0.15) is 0 Å². The van der Waals surface area contributed by atoms with E-state index in [0.717, 1.165) is 6.42 Å². The third kappa shape index (κ3) is 4.28. The molecule has 0 radical (unpaired) electrons. The van der Waals surface area contributed by atoms with Crippen LogP contribution in [-0.2, 0) is 11.2 Å². The molecule has 0 aliphatic carbocycles. The fraction of sp³-hybridized carbons (Fsp3) is 0.429. The van der Waals surface area contributed by atoms with E-state index in [1.165, 1.54) is 0 Å². The number of hydrogen-bond donors (Lipinski definition) is 2. The average molecular weight is 264 g/mol. The van der Waals surface area contributed by atoms with E-state index in [4.69, 9.17) is 5.11 Å². The molecule has 0 aromatic heterocycles. The van der Waals surface area contributed by atoms with E-state index in [1.54, 1.807) is 36.2 Å². The Morgan fingerprint density at radius 1 is 1.37 bits per heavy atom. The second kappa shape index (κ2) is 6.78. The van der Waals surface area contributed by atoms with E-state index in [9.17, 15) is 9.59 Å². The minimum Gasteiger partial charge on any atom is -0.481 e. The van der Waals surface area contributed by atoms with Crippen molar-refractivity contribution >= 4 is 17.7 Å². The van der Waals surface area contributed by atoms with E-state index in [2.05, 4.69) is 5.32 Å². The zero-order chi connectivity index (χ0) is 14.4. The molecule has 1 aromatic carbocycles. The van der Waals surface area contributed by atoms with E-state index < -0.39 is 5.97 Å². The Labute approximate surface area is 113 Å². The van der Waals surface area contributed by atoms with Gasteiger partial charge in [0.2, 0.25) is 0 Å². The Balaban J connectivity index is 2.81. The van der Waals surface area contributed by atoms with Gasteiger partial charge in [0.25, 0.3) is 0 Å². The molecule has 0 aliphatic rings. The molecule has 0 saturated carbocycles. The van der Waals surface area contributed by atoms with E-state index in [-0.39, 0.29) is 18.5 Å². The molecule has 0 saturated heterocycles. The minimum atomic E-state index is -0.919. The fourth-order valence-electron chi connectivity index (χ4n) is 1.64. The van der Waals surface area contributed by atoms with Crippen LogP contribution in [0.3, 0.4) is 0 Å². The van der Waals surface area contributed by atoms with Gasteiger partial charge in [-0.1, -0.05) is 25.1 Å². The number of benzene rings is 1. The molecular formula is C14H20N2O3. The molecule has 5 heteroatoms. The van der Waals surface area contributed by atoms with Gasteiger partial charge in [-0.25, -0.2) is 4.79 Å². The summed E-state index contributed by atoms with van der Waals surface area (Å²) in [4.78, 5) is 24.4. The first-order chi connectivity index (χ1) is 8.95. The Hall–Kier alpha value is -2.04. The van der Waals surface area contributed by atoms with Crippen LogP contribution in [0.25, 0.3) is 0 Å². The van der Waals surface area contributed by atoms with Crippen LogP contribution in [0.15, 0.2) is 24.3 Å².